The second kappa shape index (κ2) is 8.11. The van der Waals surface area contributed by atoms with Gasteiger partial charge in [0.25, 0.3) is 0 Å². The van der Waals surface area contributed by atoms with Crippen molar-refractivity contribution in [3.8, 4) is 0 Å². The minimum Gasteiger partial charge on any atom is -0.467 e. The SMILES string of the molecule is COC(=O)C1(NC(=O)[C@H](C)OCc2ccccc2)CCCCC1. The van der Waals surface area contributed by atoms with Crippen molar-refractivity contribution in [3.05, 3.63) is 35.9 Å². The topological polar surface area (TPSA) is 64.6 Å². The number of methoxy groups -OCH3 is 1. The number of ether oxygens (including phenoxy) is 2. The number of esters is 1. The first-order valence-electron chi connectivity index (χ1n) is 8.13. The molecule has 1 fully saturated rings. The first kappa shape index (κ1) is 17.5. The lowest BCUT2D eigenvalue weighted by atomic mass is 9.81. The summed E-state index contributed by atoms with van der Waals surface area (Å²) in [5.41, 5.74) is 0.113. The predicted molar refractivity (Wildman–Crippen MR) is 86.7 cm³/mol. The Kier molecular flexibility index (Phi) is 6.16. The monoisotopic (exact) mass is 319 g/mol. The second-order valence-electron chi connectivity index (χ2n) is 6.06. The lowest BCUT2D eigenvalue weighted by molar-refractivity contribution is -0.154. The Labute approximate surface area is 137 Å². The van der Waals surface area contributed by atoms with Gasteiger partial charge in [0.15, 0.2) is 0 Å². The zero-order chi connectivity index (χ0) is 16.7. The van der Waals surface area contributed by atoms with Gasteiger partial charge in [-0.2, -0.15) is 0 Å². The summed E-state index contributed by atoms with van der Waals surface area (Å²) in [4.78, 5) is 24.6. The first-order chi connectivity index (χ1) is 11.1. The highest BCUT2D eigenvalue weighted by Gasteiger charge is 2.42. The van der Waals surface area contributed by atoms with Crippen molar-refractivity contribution >= 4 is 11.9 Å². The minimum absolute atomic E-state index is 0.270. The fourth-order valence-corrected chi connectivity index (χ4v) is 2.94. The number of carbonyl (C=O) groups is 2. The number of hydrogen-bond donors (Lipinski definition) is 1. The fraction of sp³-hybridized carbons (Fsp3) is 0.556. The van der Waals surface area contributed by atoms with Gasteiger partial charge in [0.05, 0.1) is 13.7 Å². The van der Waals surface area contributed by atoms with Gasteiger partial charge in [0.2, 0.25) is 5.91 Å². The third-order valence-corrected chi connectivity index (χ3v) is 4.36. The summed E-state index contributed by atoms with van der Waals surface area (Å²) in [7, 11) is 1.36. The molecule has 23 heavy (non-hydrogen) atoms. The van der Waals surface area contributed by atoms with Crippen LogP contribution in [0, 0.1) is 0 Å². The van der Waals surface area contributed by atoms with Crippen molar-refractivity contribution < 1.29 is 19.1 Å². The van der Waals surface area contributed by atoms with Gasteiger partial charge in [-0.1, -0.05) is 49.6 Å². The lowest BCUT2D eigenvalue weighted by Gasteiger charge is -2.35. The number of benzene rings is 1. The summed E-state index contributed by atoms with van der Waals surface area (Å²) in [6, 6.07) is 9.68. The Morgan fingerprint density at radius 1 is 1.17 bits per heavy atom. The van der Waals surface area contributed by atoms with E-state index in [1.54, 1.807) is 6.92 Å². The maximum absolute atomic E-state index is 12.4. The van der Waals surface area contributed by atoms with Crippen molar-refractivity contribution in [2.45, 2.75) is 57.3 Å². The van der Waals surface area contributed by atoms with E-state index >= 15 is 0 Å². The number of hydrogen-bond acceptors (Lipinski definition) is 4. The molecule has 5 nitrogen and oxygen atoms in total. The number of amides is 1. The van der Waals surface area contributed by atoms with E-state index in [4.69, 9.17) is 9.47 Å². The van der Waals surface area contributed by atoms with E-state index in [1.165, 1.54) is 7.11 Å². The maximum atomic E-state index is 12.4. The van der Waals surface area contributed by atoms with Gasteiger partial charge in [0.1, 0.15) is 11.6 Å². The Hall–Kier alpha value is -1.88. The zero-order valence-corrected chi connectivity index (χ0v) is 13.8. The highest BCUT2D eigenvalue weighted by atomic mass is 16.5. The summed E-state index contributed by atoms with van der Waals surface area (Å²) in [5.74, 6) is -0.631. The number of rotatable bonds is 6. The van der Waals surface area contributed by atoms with Gasteiger partial charge in [-0.3, -0.25) is 4.79 Å². The molecule has 1 atom stereocenters. The van der Waals surface area contributed by atoms with E-state index in [0.29, 0.717) is 19.4 Å². The highest BCUT2D eigenvalue weighted by molar-refractivity contribution is 5.89. The van der Waals surface area contributed by atoms with Crippen LogP contribution in [-0.4, -0.2) is 30.6 Å². The molecule has 1 amide bonds. The van der Waals surface area contributed by atoms with Crippen LogP contribution in [0.5, 0.6) is 0 Å². The van der Waals surface area contributed by atoms with Crippen LogP contribution in [0.25, 0.3) is 0 Å². The molecule has 0 aromatic heterocycles. The first-order valence-corrected chi connectivity index (χ1v) is 8.13. The Morgan fingerprint density at radius 2 is 1.83 bits per heavy atom. The van der Waals surface area contributed by atoms with Crippen LogP contribution < -0.4 is 5.32 Å². The Balaban J connectivity index is 1.93. The van der Waals surface area contributed by atoms with Gasteiger partial charge >= 0.3 is 5.97 Å². The van der Waals surface area contributed by atoms with Crippen LogP contribution in [0.15, 0.2) is 30.3 Å². The van der Waals surface area contributed by atoms with Crippen molar-refractivity contribution in [3.63, 3.8) is 0 Å². The van der Waals surface area contributed by atoms with Crippen molar-refractivity contribution in [2.24, 2.45) is 0 Å². The van der Waals surface area contributed by atoms with Crippen LogP contribution in [0.3, 0.4) is 0 Å². The number of carbonyl (C=O) groups excluding carboxylic acids is 2. The molecule has 0 aliphatic heterocycles. The molecular formula is C18H25NO4. The molecule has 0 radical (unpaired) electrons. The third kappa shape index (κ3) is 4.55. The van der Waals surface area contributed by atoms with E-state index in [0.717, 1.165) is 24.8 Å². The quantitative estimate of drug-likeness (QED) is 0.819. The molecule has 1 aromatic carbocycles. The highest BCUT2D eigenvalue weighted by Crippen LogP contribution is 2.29. The van der Waals surface area contributed by atoms with Crippen LogP contribution in [0.4, 0.5) is 0 Å². The summed E-state index contributed by atoms with van der Waals surface area (Å²) in [6.07, 6.45) is 3.52. The van der Waals surface area contributed by atoms with Crippen molar-refractivity contribution in [1.29, 1.82) is 0 Å². The molecular weight excluding hydrogens is 294 g/mol. The van der Waals surface area contributed by atoms with Crippen LogP contribution in [-0.2, 0) is 25.7 Å². The van der Waals surface area contributed by atoms with E-state index in [1.807, 2.05) is 30.3 Å². The molecule has 126 valence electrons. The Bertz CT molecular complexity index is 523. The lowest BCUT2D eigenvalue weighted by Crippen LogP contribution is -2.58. The third-order valence-electron chi connectivity index (χ3n) is 4.36. The average Bonchev–Trinajstić information content (AvgIpc) is 2.60. The predicted octanol–water partition coefficient (Wildman–Crippen LogP) is 2.58. The van der Waals surface area contributed by atoms with Gasteiger partial charge in [0, 0.05) is 0 Å². The molecule has 1 saturated carbocycles. The smallest absolute Gasteiger partial charge is 0.331 e. The fourth-order valence-electron chi connectivity index (χ4n) is 2.94. The minimum atomic E-state index is -0.894. The molecule has 0 bridgehead atoms. The molecule has 1 aliphatic carbocycles. The van der Waals surface area contributed by atoms with Crippen molar-refractivity contribution in [2.75, 3.05) is 7.11 Å². The second-order valence-corrected chi connectivity index (χ2v) is 6.06. The van der Waals surface area contributed by atoms with E-state index in [2.05, 4.69) is 5.32 Å². The summed E-state index contributed by atoms with van der Waals surface area (Å²) in [5, 5.41) is 2.88. The molecule has 0 saturated heterocycles. The molecule has 1 aliphatic rings. The Morgan fingerprint density at radius 3 is 2.43 bits per heavy atom. The van der Waals surface area contributed by atoms with E-state index in [-0.39, 0.29) is 11.9 Å². The molecule has 0 heterocycles. The molecule has 0 unspecified atom stereocenters. The molecule has 0 spiro atoms. The average molecular weight is 319 g/mol. The number of nitrogens with one attached hydrogen (secondary N) is 1. The normalized spacial score (nSPS) is 18.0. The van der Waals surface area contributed by atoms with Crippen LogP contribution in [0.1, 0.15) is 44.6 Å². The molecule has 2 rings (SSSR count). The van der Waals surface area contributed by atoms with E-state index < -0.39 is 11.6 Å². The zero-order valence-electron chi connectivity index (χ0n) is 13.8. The maximum Gasteiger partial charge on any atom is 0.331 e. The largest absolute Gasteiger partial charge is 0.467 e. The standard InChI is InChI=1S/C18H25NO4/c1-14(23-13-15-9-5-3-6-10-15)16(20)19-18(17(21)22-2)11-7-4-8-12-18/h3,5-6,9-10,14H,4,7-8,11-13H2,1-2H3,(H,19,20)/t14-/m0/s1. The van der Waals surface area contributed by atoms with Crippen LogP contribution in [0.2, 0.25) is 0 Å². The summed E-state index contributed by atoms with van der Waals surface area (Å²) in [6.45, 7) is 2.06. The van der Waals surface area contributed by atoms with Gasteiger partial charge in [-0.05, 0) is 25.3 Å². The molecule has 1 aromatic rings. The van der Waals surface area contributed by atoms with Gasteiger partial charge in [-0.25, -0.2) is 4.79 Å². The summed E-state index contributed by atoms with van der Waals surface area (Å²) >= 11 is 0. The van der Waals surface area contributed by atoms with Crippen molar-refractivity contribution in [1.82, 2.24) is 5.32 Å². The van der Waals surface area contributed by atoms with Crippen LogP contribution >= 0.6 is 0 Å². The summed E-state index contributed by atoms with van der Waals surface area (Å²) < 4.78 is 10.5. The van der Waals surface area contributed by atoms with Gasteiger partial charge in [-0.15, -0.1) is 0 Å². The van der Waals surface area contributed by atoms with Gasteiger partial charge < -0.3 is 14.8 Å². The van der Waals surface area contributed by atoms with E-state index in [9.17, 15) is 9.59 Å². The molecule has 5 heteroatoms. The molecule has 1 N–H and O–H groups in total.